The summed E-state index contributed by atoms with van der Waals surface area (Å²) in [5.41, 5.74) is 1.21. The quantitative estimate of drug-likeness (QED) is 0.508. The molecule has 0 aliphatic heterocycles. The molecule has 32 heavy (non-hydrogen) atoms. The zero-order valence-electron chi connectivity index (χ0n) is 18.3. The highest BCUT2D eigenvalue weighted by atomic mass is 16.6. The second-order valence-corrected chi connectivity index (χ2v) is 8.13. The maximum absolute atomic E-state index is 12.3. The number of ether oxygens (including phenoxy) is 1. The molecule has 8 heteroatoms. The van der Waals surface area contributed by atoms with Crippen LogP contribution in [0.4, 0.5) is 10.5 Å². The summed E-state index contributed by atoms with van der Waals surface area (Å²) in [5.74, 6) is -0.199. The van der Waals surface area contributed by atoms with E-state index in [9.17, 15) is 14.4 Å². The number of aromatic nitrogens is 2. The van der Waals surface area contributed by atoms with Crippen molar-refractivity contribution in [2.75, 3.05) is 11.9 Å². The van der Waals surface area contributed by atoms with Crippen LogP contribution in [0.25, 0.3) is 22.0 Å². The van der Waals surface area contributed by atoms with Crippen LogP contribution in [0.3, 0.4) is 0 Å². The predicted octanol–water partition coefficient (Wildman–Crippen LogP) is 4.00. The Bertz CT molecular complexity index is 1210. The van der Waals surface area contributed by atoms with Crippen molar-refractivity contribution in [1.82, 2.24) is 15.5 Å². The number of nitrogens with zero attached hydrogens (tertiary/aromatic N) is 1. The number of alkyl carbamates (subject to hydrolysis) is 1. The summed E-state index contributed by atoms with van der Waals surface area (Å²) in [5, 5.41) is 13.4. The molecule has 0 radical (unpaired) electrons. The number of benzene rings is 2. The second kappa shape index (κ2) is 9.91. The number of carbonyl (C=O) groups excluding carboxylic acids is 2. The van der Waals surface area contributed by atoms with Crippen molar-refractivity contribution < 1.29 is 14.3 Å². The molecule has 0 saturated carbocycles. The summed E-state index contributed by atoms with van der Waals surface area (Å²) >= 11 is 0. The predicted molar refractivity (Wildman–Crippen MR) is 124 cm³/mol. The first kappa shape index (κ1) is 22.7. The summed E-state index contributed by atoms with van der Waals surface area (Å²) in [6.07, 6.45) is 3.01. The van der Waals surface area contributed by atoms with Gasteiger partial charge in [0, 0.05) is 29.6 Å². The van der Waals surface area contributed by atoms with Gasteiger partial charge in [-0.1, -0.05) is 42.5 Å². The Morgan fingerprint density at radius 1 is 1.06 bits per heavy atom. The maximum Gasteiger partial charge on any atom is 0.407 e. The third-order valence-corrected chi connectivity index (χ3v) is 4.35. The van der Waals surface area contributed by atoms with Gasteiger partial charge >= 0.3 is 6.09 Å². The molecule has 3 rings (SSSR count). The average molecular weight is 434 g/mol. The molecule has 166 valence electrons. The first-order chi connectivity index (χ1) is 15.2. The topological polar surface area (TPSA) is 113 Å². The van der Waals surface area contributed by atoms with Gasteiger partial charge in [0.25, 0.3) is 5.56 Å². The van der Waals surface area contributed by atoms with Crippen LogP contribution in [0.2, 0.25) is 0 Å². The molecule has 3 aromatic rings. The molecule has 0 spiro atoms. The molecule has 0 unspecified atom stereocenters. The van der Waals surface area contributed by atoms with Crippen LogP contribution in [-0.4, -0.2) is 34.3 Å². The number of carbonyl (C=O) groups is 2. The first-order valence-corrected chi connectivity index (χ1v) is 10.2. The van der Waals surface area contributed by atoms with E-state index in [1.54, 1.807) is 57.2 Å². The van der Waals surface area contributed by atoms with Gasteiger partial charge in [-0.2, -0.15) is 5.10 Å². The monoisotopic (exact) mass is 434 g/mol. The Labute approximate surface area is 185 Å². The van der Waals surface area contributed by atoms with E-state index in [1.165, 1.54) is 0 Å². The summed E-state index contributed by atoms with van der Waals surface area (Å²) in [7, 11) is 0. The Balaban J connectivity index is 1.60. The van der Waals surface area contributed by atoms with Crippen LogP contribution in [0.1, 0.15) is 27.2 Å². The van der Waals surface area contributed by atoms with Crippen LogP contribution in [0.5, 0.6) is 0 Å². The summed E-state index contributed by atoms with van der Waals surface area (Å²) < 4.78 is 5.14. The molecule has 0 saturated heterocycles. The van der Waals surface area contributed by atoms with Crippen LogP contribution < -0.4 is 16.2 Å². The van der Waals surface area contributed by atoms with Crippen molar-refractivity contribution in [3.8, 4) is 11.3 Å². The summed E-state index contributed by atoms with van der Waals surface area (Å²) in [6, 6.07) is 14.5. The number of hydrogen-bond donors (Lipinski definition) is 3. The molecule has 1 aromatic heterocycles. The van der Waals surface area contributed by atoms with Gasteiger partial charge < -0.3 is 15.4 Å². The summed E-state index contributed by atoms with van der Waals surface area (Å²) in [6.45, 7) is 5.63. The zero-order valence-corrected chi connectivity index (χ0v) is 18.3. The van der Waals surface area contributed by atoms with E-state index in [-0.39, 0.29) is 24.4 Å². The van der Waals surface area contributed by atoms with Crippen LogP contribution in [-0.2, 0) is 9.53 Å². The van der Waals surface area contributed by atoms with Gasteiger partial charge in [0.05, 0.1) is 11.1 Å². The van der Waals surface area contributed by atoms with E-state index in [4.69, 9.17) is 4.74 Å². The summed E-state index contributed by atoms with van der Waals surface area (Å²) in [4.78, 5) is 35.8. The molecular weight excluding hydrogens is 408 g/mol. The van der Waals surface area contributed by atoms with Gasteiger partial charge in [-0.15, -0.1) is 0 Å². The van der Waals surface area contributed by atoms with Crippen molar-refractivity contribution in [1.29, 1.82) is 0 Å². The van der Waals surface area contributed by atoms with E-state index < -0.39 is 11.7 Å². The molecule has 2 aromatic carbocycles. The largest absolute Gasteiger partial charge is 0.444 e. The van der Waals surface area contributed by atoms with Crippen LogP contribution in [0, 0.1) is 0 Å². The molecule has 2 amide bonds. The number of anilines is 1. The van der Waals surface area contributed by atoms with Gasteiger partial charge in [-0.3, -0.25) is 9.59 Å². The smallest absolute Gasteiger partial charge is 0.407 e. The highest BCUT2D eigenvalue weighted by Crippen LogP contribution is 2.26. The standard InChI is InChI=1S/C24H26N4O4/c1-24(2,3)32-23(31)25-14-7-6-13-20(29)26-17-10-8-9-16(15-17)21-18-11-4-5-12-19(18)22(30)28-27-21/h4-12,15H,13-14H2,1-3H3,(H,25,31)(H,26,29)(H,28,30). The number of nitrogens with one attached hydrogen (secondary N) is 3. The number of aromatic amines is 1. The van der Waals surface area contributed by atoms with Gasteiger partial charge in [0.1, 0.15) is 5.60 Å². The normalized spacial score (nSPS) is 11.5. The van der Waals surface area contributed by atoms with Gasteiger partial charge in [-0.05, 0) is 39.0 Å². The minimum absolute atomic E-state index is 0.153. The van der Waals surface area contributed by atoms with Gasteiger partial charge in [-0.25, -0.2) is 9.89 Å². The molecule has 0 fully saturated rings. The number of hydrogen-bond acceptors (Lipinski definition) is 5. The fraction of sp³-hybridized carbons (Fsp3) is 0.250. The third-order valence-electron chi connectivity index (χ3n) is 4.35. The van der Waals surface area contributed by atoms with Crippen LogP contribution in [0.15, 0.2) is 65.5 Å². The molecule has 8 nitrogen and oxygen atoms in total. The Hall–Kier alpha value is -3.94. The second-order valence-electron chi connectivity index (χ2n) is 8.13. The molecule has 3 N–H and O–H groups in total. The van der Waals surface area contributed by atoms with Crippen molar-refractivity contribution in [2.45, 2.75) is 32.8 Å². The molecule has 0 aliphatic rings. The van der Waals surface area contributed by atoms with E-state index >= 15 is 0 Å². The van der Waals surface area contributed by atoms with Gasteiger partial charge in [0.15, 0.2) is 0 Å². The third kappa shape index (κ3) is 6.28. The van der Waals surface area contributed by atoms with Crippen molar-refractivity contribution in [3.05, 3.63) is 71.0 Å². The Morgan fingerprint density at radius 3 is 2.56 bits per heavy atom. The molecule has 0 bridgehead atoms. The minimum atomic E-state index is -0.556. The SMILES string of the molecule is CC(C)(C)OC(=O)NCC=CCC(=O)Nc1cccc(-c2n[nH]c(=O)c3ccccc23)c1. The maximum atomic E-state index is 12.3. The lowest BCUT2D eigenvalue weighted by atomic mass is 10.0. The number of rotatable bonds is 6. The number of fused-ring (bicyclic) bond motifs is 1. The Kier molecular flexibility index (Phi) is 7.04. The lowest BCUT2D eigenvalue weighted by Crippen LogP contribution is -2.32. The van der Waals surface area contributed by atoms with Crippen LogP contribution >= 0.6 is 0 Å². The van der Waals surface area contributed by atoms with E-state index in [2.05, 4.69) is 20.8 Å². The lowest BCUT2D eigenvalue weighted by molar-refractivity contribution is -0.115. The lowest BCUT2D eigenvalue weighted by Gasteiger charge is -2.19. The molecule has 1 heterocycles. The van der Waals surface area contributed by atoms with E-state index in [0.717, 1.165) is 10.9 Å². The molecular formula is C24H26N4O4. The van der Waals surface area contributed by atoms with Gasteiger partial charge in [0.2, 0.25) is 5.91 Å². The van der Waals surface area contributed by atoms with Crippen molar-refractivity contribution >= 4 is 28.5 Å². The number of amides is 2. The Morgan fingerprint density at radius 2 is 1.81 bits per heavy atom. The van der Waals surface area contributed by atoms with Crippen molar-refractivity contribution in [2.24, 2.45) is 0 Å². The van der Waals surface area contributed by atoms with E-state index in [0.29, 0.717) is 16.8 Å². The zero-order chi connectivity index (χ0) is 23.1. The van der Waals surface area contributed by atoms with Crippen molar-refractivity contribution in [3.63, 3.8) is 0 Å². The highest BCUT2D eigenvalue weighted by molar-refractivity contribution is 5.96. The highest BCUT2D eigenvalue weighted by Gasteiger charge is 2.15. The molecule has 0 atom stereocenters. The minimum Gasteiger partial charge on any atom is -0.444 e. The fourth-order valence-electron chi connectivity index (χ4n) is 3.02. The van der Waals surface area contributed by atoms with E-state index in [1.807, 2.05) is 24.3 Å². The number of H-pyrrole nitrogens is 1. The first-order valence-electron chi connectivity index (χ1n) is 10.2. The fourth-order valence-corrected chi connectivity index (χ4v) is 3.02. The molecule has 0 aliphatic carbocycles. The average Bonchev–Trinajstić information content (AvgIpc) is 2.73.